The summed E-state index contributed by atoms with van der Waals surface area (Å²) in [7, 11) is 0. The fourth-order valence-corrected chi connectivity index (χ4v) is 2.78. The van der Waals surface area contributed by atoms with E-state index in [-0.39, 0.29) is 12.4 Å². The summed E-state index contributed by atoms with van der Waals surface area (Å²) in [6.07, 6.45) is 1.89. The molecule has 0 radical (unpaired) electrons. The Morgan fingerprint density at radius 2 is 2.33 bits per heavy atom. The summed E-state index contributed by atoms with van der Waals surface area (Å²) in [5, 5.41) is 17.1. The molecular weight excluding hydrogens is 250 g/mol. The molecular formula is C13H18ClN3O. The highest BCUT2D eigenvalue weighted by Crippen LogP contribution is 2.31. The van der Waals surface area contributed by atoms with Crippen LogP contribution in [0.15, 0.2) is 18.2 Å². The number of nitrogens with two attached hydrogens (primary N) is 1. The van der Waals surface area contributed by atoms with Crippen LogP contribution in [0, 0.1) is 11.3 Å². The summed E-state index contributed by atoms with van der Waals surface area (Å²) in [5.74, 6) is 0.509. The summed E-state index contributed by atoms with van der Waals surface area (Å²) < 4.78 is 0. The zero-order valence-electron chi connectivity index (χ0n) is 10.2. The molecule has 1 saturated heterocycles. The Labute approximate surface area is 112 Å². The fourth-order valence-electron chi connectivity index (χ4n) is 2.51. The van der Waals surface area contributed by atoms with Gasteiger partial charge in [-0.25, -0.2) is 0 Å². The highest BCUT2D eigenvalue weighted by molar-refractivity contribution is 6.34. The predicted octanol–water partition coefficient (Wildman–Crippen LogP) is 1.83. The van der Waals surface area contributed by atoms with Crippen molar-refractivity contribution in [3.8, 4) is 0 Å². The zero-order valence-corrected chi connectivity index (χ0v) is 11.0. The molecule has 18 heavy (non-hydrogen) atoms. The Bertz CT molecular complexity index is 450. The molecule has 1 aromatic carbocycles. The van der Waals surface area contributed by atoms with E-state index >= 15 is 0 Å². The van der Waals surface area contributed by atoms with E-state index in [1.54, 1.807) is 6.07 Å². The van der Waals surface area contributed by atoms with Crippen LogP contribution in [0.3, 0.4) is 0 Å². The lowest BCUT2D eigenvalue weighted by Crippen LogP contribution is -2.24. The normalized spacial score (nSPS) is 19.2. The number of benzene rings is 1. The van der Waals surface area contributed by atoms with Crippen LogP contribution in [-0.2, 0) is 0 Å². The van der Waals surface area contributed by atoms with Crippen molar-refractivity contribution < 1.29 is 5.11 Å². The molecule has 0 amide bonds. The van der Waals surface area contributed by atoms with Gasteiger partial charge in [0.2, 0.25) is 0 Å². The number of aliphatic hydroxyl groups is 1. The van der Waals surface area contributed by atoms with Crippen LogP contribution in [-0.4, -0.2) is 30.6 Å². The molecule has 1 aromatic rings. The van der Waals surface area contributed by atoms with Gasteiger partial charge in [0, 0.05) is 25.4 Å². The Morgan fingerprint density at radius 1 is 1.56 bits per heavy atom. The smallest absolute Gasteiger partial charge is 0.126 e. The van der Waals surface area contributed by atoms with Crippen molar-refractivity contribution in [1.82, 2.24) is 0 Å². The average Bonchev–Trinajstić information content (AvgIpc) is 2.77. The Hall–Kier alpha value is -1.26. The molecule has 1 aliphatic rings. The summed E-state index contributed by atoms with van der Waals surface area (Å²) in [4.78, 5) is 2.20. The number of rotatable bonds is 4. The number of hydrogen-bond acceptors (Lipinski definition) is 3. The Kier molecular flexibility index (Phi) is 4.09. The van der Waals surface area contributed by atoms with Gasteiger partial charge in [0.05, 0.1) is 10.6 Å². The van der Waals surface area contributed by atoms with Gasteiger partial charge in [0.1, 0.15) is 5.84 Å². The molecule has 1 atom stereocenters. The maximum absolute atomic E-state index is 8.98. The number of hydrogen-bond donors (Lipinski definition) is 3. The second-order valence-corrected chi connectivity index (χ2v) is 5.07. The molecule has 2 rings (SSSR count). The van der Waals surface area contributed by atoms with Crippen LogP contribution in [0.1, 0.15) is 18.4 Å². The van der Waals surface area contributed by atoms with E-state index in [2.05, 4.69) is 4.90 Å². The van der Waals surface area contributed by atoms with Gasteiger partial charge in [0.25, 0.3) is 0 Å². The summed E-state index contributed by atoms with van der Waals surface area (Å²) in [5.41, 5.74) is 7.15. The predicted molar refractivity (Wildman–Crippen MR) is 74.5 cm³/mol. The third kappa shape index (κ3) is 2.60. The van der Waals surface area contributed by atoms with Crippen molar-refractivity contribution in [2.75, 3.05) is 24.6 Å². The molecule has 0 spiro atoms. The van der Waals surface area contributed by atoms with Gasteiger partial charge in [-0.15, -0.1) is 0 Å². The van der Waals surface area contributed by atoms with Gasteiger partial charge in [-0.3, -0.25) is 5.41 Å². The molecule has 1 heterocycles. The second kappa shape index (κ2) is 5.59. The minimum Gasteiger partial charge on any atom is -0.396 e. The molecule has 0 aliphatic carbocycles. The number of nitrogens with one attached hydrogen (secondary N) is 1. The highest BCUT2D eigenvalue weighted by Gasteiger charge is 2.25. The van der Waals surface area contributed by atoms with Crippen molar-refractivity contribution in [2.45, 2.75) is 12.8 Å². The summed E-state index contributed by atoms with van der Waals surface area (Å²) in [6, 6.07) is 5.58. The molecule has 5 heteroatoms. The lowest BCUT2D eigenvalue weighted by Gasteiger charge is -2.22. The number of aliphatic hydroxyl groups excluding tert-OH is 1. The van der Waals surface area contributed by atoms with Crippen LogP contribution in [0.2, 0.25) is 5.02 Å². The molecule has 4 nitrogen and oxygen atoms in total. The van der Waals surface area contributed by atoms with Crippen molar-refractivity contribution in [3.05, 3.63) is 28.8 Å². The molecule has 1 fully saturated rings. The fraction of sp³-hybridized carbons (Fsp3) is 0.462. The number of amidine groups is 1. The van der Waals surface area contributed by atoms with E-state index in [0.29, 0.717) is 16.5 Å². The van der Waals surface area contributed by atoms with E-state index in [9.17, 15) is 0 Å². The zero-order chi connectivity index (χ0) is 13.1. The Balaban J connectivity index is 2.24. The number of halogens is 1. The first kappa shape index (κ1) is 13.2. The van der Waals surface area contributed by atoms with Gasteiger partial charge in [-0.2, -0.15) is 0 Å². The van der Waals surface area contributed by atoms with Crippen LogP contribution in [0.25, 0.3) is 0 Å². The SMILES string of the molecule is N=C(N)c1c(Cl)cccc1N1CCC(CCO)C1. The lowest BCUT2D eigenvalue weighted by molar-refractivity contribution is 0.263. The van der Waals surface area contributed by atoms with E-state index in [1.807, 2.05) is 12.1 Å². The Morgan fingerprint density at radius 3 is 3.00 bits per heavy atom. The minimum absolute atomic E-state index is 0.00112. The largest absolute Gasteiger partial charge is 0.396 e. The molecule has 4 N–H and O–H groups in total. The molecule has 0 bridgehead atoms. The number of anilines is 1. The van der Waals surface area contributed by atoms with Crippen molar-refractivity contribution in [1.29, 1.82) is 5.41 Å². The lowest BCUT2D eigenvalue weighted by atomic mass is 10.1. The number of nitrogen functional groups attached to an aromatic ring is 1. The number of nitrogens with zero attached hydrogens (tertiary/aromatic N) is 1. The van der Waals surface area contributed by atoms with E-state index < -0.39 is 0 Å². The average molecular weight is 268 g/mol. The van der Waals surface area contributed by atoms with E-state index in [4.69, 9.17) is 27.9 Å². The second-order valence-electron chi connectivity index (χ2n) is 4.66. The third-order valence-electron chi connectivity index (χ3n) is 3.42. The molecule has 98 valence electrons. The summed E-state index contributed by atoms with van der Waals surface area (Å²) >= 11 is 6.11. The van der Waals surface area contributed by atoms with Crippen LogP contribution >= 0.6 is 11.6 Å². The minimum atomic E-state index is 0.00112. The van der Waals surface area contributed by atoms with Gasteiger partial charge in [0.15, 0.2) is 0 Å². The van der Waals surface area contributed by atoms with Crippen LogP contribution in [0.4, 0.5) is 5.69 Å². The first-order valence-corrected chi connectivity index (χ1v) is 6.50. The van der Waals surface area contributed by atoms with E-state index in [0.717, 1.165) is 31.6 Å². The van der Waals surface area contributed by atoms with Crippen molar-refractivity contribution in [3.63, 3.8) is 0 Å². The van der Waals surface area contributed by atoms with Gasteiger partial charge >= 0.3 is 0 Å². The third-order valence-corrected chi connectivity index (χ3v) is 3.74. The maximum Gasteiger partial charge on any atom is 0.126 e. The quantitative estimate of drug-likeness (QED) is 0.576. The summed E-state index contributed by atoms with van der Waals surface area (Å²) in [6.45, 7) is 2.04. The van der Waals surface area contributed by atoms with Gasteiger partial charge in [-0.1, -0.05) is 17.7 Å². The van der Waals surface area contributed by atoms with Gasteiger partial charge in [-0.05, 0) is 30.9 Å². The van der Waals surface area contributed by atoms with Crippen molar-refractivity contribution in [2.24, 2.45) is 11.7 Å². The monoisotopic (exact) mass is 267 g/mol. The van der Waals surface area contributed by atoms with Crippen molar-refractivity contribution >= 4 is 23.1 Å². The molecule has 0 saturated carbocycles. The first-order valence-electron chi connectivity index (χ1n) is 6.12. The molecule has 1 aliphatic heterocycles. The molecule has 1 unspecified atom stereocenters. The molecule has 0 aromatic heterocycles. The van der Waals surface area contributed by atoms with Gasteiger partial charge < -0.3 is 15.7 Å². The van der Waals surface area contributed by atoms with Crippen LogP contribution in [0.5, 0.6) is 0 Å². The topological polar surface area (TPSA) is 73.3 Å². The first-order chi connectivity index (χ1) is 8.63. The highest BCUT2D eigenvalue weighted by atomic mass is 35.5. The maximum atomic E-state index is 8.98. The van der Waals surface area contributed by atoms with Crippen LogP contribution < -0.4 is 10.6 Å². The van der Waals surface area contributed by atoms with E-state index in [1.165, 1.54) is 0 Å². The standard InChI is InChI=1S/C13H18ClN3O/c14-10-2-1-3-11(12(10)13(15)16)17-6-4-9(8-17)5-7-18/h1-3,9,18H,4-8H2,(H3,15,16).